The smallest absolute Gasteiger partial charge is 0.285 e. The van der Waals surface area contributed by atoms with E-state index in [4.69, 9.17) is 11.6 Å². The van der Waals surface area contributed by atoms with Crippen LogP contribution >= 0.6 is 11.6 Å². The number of halogens is 1. The first-order valence-corrected chi connectivity index (χ1v) is 6.93. The number of hydrogen-bond acceptors (Lipinski definition) is 4. The van der Waals surface area contributed by atoms with Crippen molar-refractivity contribution in [3.63, 3.8) is 0 Å². The molecule has 1 unspecified atom stereocenters. The molecule has 106 valence electrons. The molecule has 0 saturated carbocycles. The van der Waals surface area contributed by atoms with Gasteiger partial charge in [0.1, 0.15) is 10.6 Å². The van der Waals surface area contributed by atoms with Crippen LogP contribution in [0.1, 0.15) is 25.3 Å². The van der Waals surface area contributed by atoms with Crippen LogP contribution in [-0.4, -0.2) is 28.5 Å². The number of nitro benzene ring substituents is 1. The third-order valence-corrected chi connectivity index (χ3v) is 4.12. The predicted octanol–water partition coefficient (Wildman–Crippen LogP) is 3.17. The van der Waals surface area contributed by atoms with Crippen LogP contribution in [0, 0.1) is 21.4 Å². The minimum atomic E-state index is -0.627. The molecule has 0 bridgehead atoms. The summed E-state index contributed by atoms with van der Waals surface area (Å²) in [5, 5.41) is 20.5. The summed E-state index contributed by atoms with van der Waals surface area (Å²) in [5.41, 5.74) is 0.0287. The van der Waals surface area contributed by atoms with Crippen LogP contribution in [-0.2, 0) is 6.42 Å². The molecule has 20 heavy (non-hydrogen) atoms. The lowest BCUT2D eigenvalue weighted by Gasteiger charge is -2.32. The van der Waals surface area contributed by atoms with Crippen molar-refractivity contribution in [2.75, 3.05) is 13.1 Å². The first-order chi connectivity index (χ1) is 9.46. The number of rotatable bonds is 4. The highest BCUT2D eigenvalue weighted by molar-refractivity contribution is 6.32. The Bertz CT molecular complexity index is 564. The largest absolute Gasteiger partial charge is 0.288 e. The first kappa shape index (κ1) is 14.8. The number of hydrogen-bond donors (Lipinski definition) is 0. The summed E-state index contributed by atoms with van der Waals surface area (Å²) in [6.07, 6.45) is 2.65. The van der Waals surface area contributed by atoms with Crippen LogP contribution in [0.5, 0.6) is 0 Å². The Morgan fingerprint density at radius 2 is 2.15 bits per heavy atom. The first-order valence-electron chi connectivity index (χ1n) is 6.55. The van der Waals surface area contributed by atoms with Crippen molar-refractivity contribution in [1.29, 1.82) is 5.26 Å². The minimum absolute atomic E-state index is 0.106. The zero-order valence-corrected chi connectivity index (χ0v) is 12.1. The van der Waals surface area contributed by atoms with Crippen molar-refractivity contribution < 1.29 is 4.92 Å². The quantitative estimate of drug-likeness (QED) is 0.631. The van der Waals surface area contributed by atoms with Crippen molar-refractivity contribution >= 4 is 17.3 Å². The number of nitrogens with zero attached hydrogens (tertiary/aromatic N) is 3. The molecule has 1 saturated heterocycles. The summed E-state index contributed by atoms with van der Waals surface area (Å²) in [6, 6.07) is 7.10. The Balaban J connectivity index is 2.26. The molecule has 1 atom stereocenters. The minimum Gasteiger partial charge on any atom is -0.285 e. The summed E-state index contributed by atoms with van der Waals surface area (Å²) in [4.78, 5) is 12.6. The van der Waals surface area contributed by atoms with E-state index in [1.165, 1.54) is 12.1 Å². The molecule has 1 fully saturated rings. The Labute approximate surface area is 122 Å². The van der Waals surface area contributed by atoms with Gasteiger partial charge in [-0.25, -0.2) is 0 Å². The Kier molecular flexibility index (Phi) is 4.26. The molecule has 1 heterocycles. The highest BCUT2D eigenvalue weighted by Gasteiger charge is 2.34. The van der Waals surface area contributed by atoms with E-state index in [1.54, 1.807) is 6.07 Å². The maximum absolute atomic E-state index is 10.9. The second-order valence-electron chi connectivity index (χ2n) is 5.30. The number of likely N-dealkylation sites (tertiary alicyclic amines) is 1. The van der Waals surface area contributed by atoms with Crippen LogP contribution in [0.2, 0.25) is 5.02 Å². The fourth-order valence-corrected chi connectivity index (χ4v) is 2.82. The fraction of sp³-hybridized carbons (Fsp3) is 0.500. The number of nitro groups is 1. The van der Waals surface area contributed by atoms with E-state index >= 15 is 0 Å². The molecule has 0 radical (unpaired) electrons. The Morgan fingerprint density at radius 3 is 2.70 bits per heavy atom. The van der Waals surface area contributed by atoms with Gasteiger partial charge in [-0.15, -0.1) is 0 Å². The average molecular weight is 294 g/mol. The molecule has 1 aromatic carbocycles. The number of nitriles is 1. The van der Waals surface area contributed by atoms with Gasteiger partial charge in [0.05, 0.1) is 11.0 Å². The van der Waals surface area contributed by atoms with Gasteiger partial charge >= 0.3 is 0 Å². The van der Waals surface area contributed by atoms with E-state index in [9.17, 15) is 15.4 Å². The van der Waals surface area contributed by atoms with E-state index in [0.29, 0.717) is 6.42 Å². The van der Waals surface area contributed by atoms with Gasteiger partial charge in [-0.3, -0.25) is 15.0 Å². The van der Waals surface area contributed by atoms with Crippen molar-refractivity contribution in [2.45, 2.75) is 31.7 Å². The van der Waals surface area contributed by atoms with Crippen molar-refractivity contribution in [2.24, 2.45) is 0 Å². The number of benzene rings is 1. The lowest BCUT2D eigenvalue weighted by molar-refractivity contribution is -0.384. The van der Waals surface area contributed by atoms with Crippen molar-refractivity contribution in [1.82, 2.24) is 4.90 Å². The zero-order chi connectivity index (χ0) is 14.8. The second-order valence-corrected chi connectivity index (χ2v) is 5.71. The van der Waals surface area contributed by atoms with Crippen molar-refractivity contribution in [3.05, 3.63) is 38.9 Å². The molecule has 0 amide bonds. The van der Waals surface area contributed by atoms with Crippen molar-refractivity contribution in [3.8, 4) is 6.07 Å². The zero-order valence-electron chi connectivity index (χ0n) is 11.3. The maximum atomic E-state index is 10.9. The van der Waals surface area contributed by atoms with Gasteiger partial charge in [0, 0.05) is 12.5 Å². The van der Waals surface area contributed by atoms with Crippen LogP contribution < -0.4 is 0 Å². The molecule has 2 rings (SSSR count). The summed E-state index contributed by atoms with van der Waals surface area (Å²) >= 11 is 5.81. The fourth-order valence-electron chi connectivity index (χ4n) is 2.64. The lowest BCUT2D eigenvalue weighted by Crippen LogP contribution is -2.45. The van der Waals surface area contributed by atoms with E-state index in [1.807, 2.05) is 6.92 Å². The molecule has 0 aliphatic carbocycles. The second kappa shape index (κ2) is 5.78. The van der Waals surface area contributed by atoms with Gasteiger partial charge in [0.2, 0.25) is 0 Å². The molecule has 1 aliphatic rings. The van der Waals surface area contributed by atoms with Gasteiger partial charge in [0.15, 0.2) is 0 Å². The third kappa shape index (κ3) is 2.92. The van der Waals surface area contributed by atoms with Gasteiger partial charge in [-0.05, 0) is 44.5 Å². The standard InChI is InChI=1S/C14H16ClN3O2/c1-14(10-16,17-6-2-3-7-17)9-11-4-5-12(15)13(8-11)18(19)20/h4-5,8H,2-3,6-7,9H2,1H3. The predicted molar refractivity (Wildman–Crippen MR) is 76.6 cm³/mol. The van der Waals surface area contributed by atoms with Crippen LogP contribution in [0.4, 0.5) is 5.69 Å². The van der Waals surface area contributed by atoms with Gasteiger partial charge in [0.25, 0.3) is 5.69 Å². The van der Waals surface area contributed by atoms with E-state index < -0.39 is 10.5 Å². The van der Waals surface area contributed by atoms with Gasteiger partial charge < -0.3 is 0 Å². The van der Waals surface area contributed by atoms with Crippen LogP contribution in [0.25, 0.3) is 0 Å². The Hall–Kier alpha value is -1.64. The van der Waals surface area contributed by atoms with Crippen LogP contribution in [0.3, 0.4) is 0 Å². The molecule has 1 aromatic rings. The molecule has 1 aliphatic heterocycles. The highest BCUT2D eigenvalue weighted by Crippen LogP contribution is 2.29. The molecule has 0 N–H and O–H groups in total. The average Bonchev–Trinajstić information content (AvgIpc) is 2.95. The molecule has 0 spiro atoms. The van der Waals surface area contributed by atoms with Gasteiger partial charge in [-0.2, -0.15) is 5.26 Å². The molecule has 6 heteroatoms. The SMILES string of the molecule is CC(C#N)(Cc1ccc(Cl)c([N+](=O)[O-])c1)N1CCCC1. The molecule has 5 nitrogen and oxygen atoms in total. The molecule has 0 aromatic heterocycles. The topological polar surface area (TPSA) is 70.2 Å². The highest BCUT2D eigenvalue weighted by atomic mass is 35.5. The maximum Gasteiger partial charge on any atom is 0.288 e. The van der Waals surface area contributed by atoms with E-state index in [2.05, 4.69) is 11.0 Å². The molecular formula is C14H16ClN3O2. The summed E-state index contributed by atoms with van der Waals surface area (Å²) < 4.78 is 0. The van der Waals surface area contributed by atoms with E-state index in [0.717, 1.165) is 31.5 Å². The monoisotopic (exact) mass is 293 g/mol. The normalized spacial score (nSPS) is 18.4. The Morgan fingerprint density at radius 1 is 1.50 bits per heavy atom. The summed E-state index contributed by atoms with van der Waals surface area (Å²) in [6.45, 7) is 3.69. The summed E-state index contributed by atoms with van der Waals surface area (Å²) in [7, 11) is 0. The van der Waals surface area contributed by atoms with Crippen LogP contribution in [0.15, 0.2) is 18.2 Å². The van der Waals surface area contributed by atoms with E-state index in [-0.39, 0.29) is 10.7 Å². The van der Waals surface area contributed by atoms with Gasteiger partial charge in [-0.1, -0.05) is 17.7 Å². The lowest BCUT2D eigenvalue weighted by atomic mass is 9.92. The molecular weight excluding hydrogens is 278 g/mol. The third-order valence-electron chi connectivity index (χ3n) is 3.80. The summed E-state index contributed by atoms with van der Waals surface area (Å²) in [5.74, 6) is 0.